The molecule has 1 N–H and O–H groups in total. The highest BCUT2D eigenvalue weighted by Gasteiger charge is 2.12. The number of aromatic nitrogens is 1. The summed E-state index contributed by atoms with van der Waals surface area (Å²) in [6.45, 7) is 0. The van der Waals surface area contributed by atoms with Crippen molar-refractivity contribution < 1.29 is 9.21 Å². The maximum absolute atomic E-state index is 12.0. The first-order chi connectivity index (χ1) is 9.74. The number of carbonyl (C=O) groups is 1. The maximum Gasteiger partial charge on any atom is 0.291 e. The van der Waals surface area contributed by atoms with Crippen molar-refractivity contribution in [3.63, 3.8) is 0 Å². The molecular formula is C15H11ClN2O2. The van der Waals surface area contributed by atoms with E-state index in [0.717, 1.165) is 5.69 Å². The largest absolute Gasteiger partial charge is 0.459 e. The number of amides is 1. The van der Waals surface area contributed by atoms with Crippen molar-refractivity contribution in [2.45, 2.75) is 0 Å². The Labute approximate surface area is 120 Å². The third-order valence-corrected chi connectivity index (χ3v) is 3.07. The minimum absolute atomic E-state index is 0.262. The molecule has 5 heteroatoms. The molecule has 0 bridgehead atoms. The van der Waals surface area contributed by atoms with Gasteiger partial charge >= 0.3 is 0 Å². The van der Waals surface area contributed by atoms with Gasteiger partial charge in [0.15, 0.2) is 5.76 Å². The SMILES string of the molecule is O=C(Nc1ccc(Cl)cc1-n1cccc1)c1ccco1. The van der Waals surface area contributed by atoms with Crippen molar-refractivity contribution >= 4 is 23.2 Å². The zero-order valence-electron chi connectivity index (χ0n) is 10.4. The molecule has 0 unspecified atom stereocenters. The number of furan rings is 1. The predicted molar refractivity (Wildman–Crippen MR) is 77.4 cm³/mol. The minimum Gasteiger partial charge on any atom is -0.459 e. The molecule has 1 amide bonds. The summed E-state index contributed by atoms with van der Waals surface area (Å²) in [5, 5.41) is 3.42. The van der Waals surface area contributed by atoms with Crippen LogP contribution in [0.1, 0.15) is 10.6 Å². The fraction of sp³-hybridized carbons (Fsp3) is 0. The Balaban J connectivity index is 1.96. The molecule has 3 rings (SSSR count). The van der Waals surface area contributed by atoms with Gasteiger partial charge in [0.2, 0.25) is 0 Å². The molecule has 20 heavy (non-hydrogen) atoms. The Hall–Kier alpha value is -2.46. The fourth-order valence-corrected chi connectivity index (χ4v) is 2.08. The van der Waals surface area contributed by atoms with Gasteiger partial charge in [-0.05, 0) is 42.5 Å². The van der Waals surface area contributed by atoms with Crippen LogP contribution >= 0.6 is 11.6 Å². The summed E-state index contributed by atoms with van der Waals surface area (Å²) in [6.07, 6.45) is 5.23. The summed E-state index contributed by atoms with van der Waals surface area (Å²) < 4.78 is 6.96. The molecule has 0 aliphatic carbocycles. The van der Waals surface area contributed by atoms with Gasteiger partial charge in [-0.1, -0.05) is 11.6 Å². The Kier molecular flexibility index (Phi) is 3.31. The van der Waals surface area contributed by atoms with Crippen molar-refractivity contribution in [1.82, 2.24) is 4.57 Å². The monoisotopic (exact) mass is 286 g/mol. The standard InChI is InChI=1S/C15H11ClN2O2/c16-11-5-6-12(13(10-11)18-7-1-2-8-18)17-15(19)14-4-3-9-20-14/h1-10H,(H,17,19). The lowest BCUT2D eigenvalue weighted by molar-refractivity contribution is 0.0996. The van der Waals surface area contributed by atoms with Gasteiger partial charge in [0, 0.05) is 17.4 Å². The zero-order valence-corrected chi connectivity index (χ0v) is 11.2. The van der Waals surface area contributed by atoms with Gasteiger partial charge in [0.1, 0.15) is 0 Å². The van der Waals surface area contributed by atoms with Crippen LogP contribution in [0.3, 0.4) is 0 Å². The van der Waals surface area contributed by atoms with Crippen LogP contribution in [-0.4, -0.2) is 10.5 Å². The van der Waals surface area contributed by atoms with Crippen LogP contribution in [0, 0.1) is 0 Å². The number of benzene rings is 1. The highest BCUT2D eigenvalue weighted by atomic mass is 35.5. The summed E-state index contributed by atoms with van der Waals surface area (Å²) >= 11 is 6.03. The van der Waals surface area contributed by atoms with Crippen LogP contribution in [0.25, 0.3) is 5.69 Å². The second-order valence-corrected chi connectivity index (χ2v) is 4.62. The Morgan fingerprint density at radius 2 is 1.95 bits per heavy atom. The summed E-state index contributed by atoms with van der Waals surface area (Å²) in [7, 11) is 0. The molecule has 0 spiro atoms. The number of carbonyl (C=O) groups excluding carboxylic acids is 1. The molecule has 2 heterocycles. The number of nitrogens with one attached hydrogen (secondary N) is 1. The molecule has 100 valence electrons. The van der Waals surface area contributed by atoms with Gasteiger partial charge in [-0.2, -0.15) is 0 Å². The molecule has 0 saturated carbocycles. The third kappa shape index (κ3) is 2.46. The van der Waals surface area contributed by atoms with E-state index >= 15 is 0 Å². The van der Waals surface area contributed by atoms with Crippen molar-refractivity contribution in [2.75, 3.05) is 5.32 Å². The van der Waals surface area contributed by atoms with Crippen molar-refractivity contribution in [1.29, 1.82) is 0 Å². The molecule has 0 saturated heterocycles. The van der Waals surface area contributed by atoms with Gasteiger partial charge < -0.3 is 14.3 Å². The molecule has 2 aromatic heterocycles. The summed E-state index contributed by atoms with van der Waals surface area (Å²) in [6, 6.07) is 12.4. The first kappa shape index (κ1) is 12.6. The maximum atomic E-state index is 12.0. The summed E-state index contributed by atoms with van der Waals surface area (Å²) in [5.74, 6) is -0.0378. The van der Waals surface area contributed by atoms with Gasteiger partial charge in [0.05, 0.1) is 17.6 Å². The van der Waals surface area contributed by atoms with Crippen LogP contribution in [-0.2, 0) is 0 Å². The van der Waals surface area contributed by atoms with E-state index in [2.05, 4.69) is 5.32 Å². The summed E-state index contributed by atoms with van der Waals surface area (Å²) in [4.78, 5) is 12.0. The molecule has 0 fully saturated rings. The Morgan fingerprint density at radius 3 is 2.65 bits per heavy atom. The lowest BCUT2D eigenvalue weighted by Gasteiger charge is -2.11. The topological polar surface area (TPSA) is 47.2 Å². The van der Waals surface area contributed by atoms with Crippen LogP contribution in [0.2, 0.25) is 5.02 Å². The lowest BCUT2D eigenvalue weighted by Crippen LogP contribution is -2.12. The van der Waals surface area contributed by atoms with Gasteiger partial charge in [-0.25, -0.2) is 0 Å². The summed E-state index contributed by atoms with van der Waals surface area (Å²) in [5.41, 5.74) is 1.45. The normalized spacial score (nSPS) is 10.4. The average Bonchev–Trinajstić information content (AvgIpc) is 3.13. The van der Waals surface area contributed by atoms with E-state index in [9.17, 15) is 4.79 Å². The highest BCUT2D eigenvalue weighted by Crippen LogP contribution is 2.25. The number of anilines is 1. The van der Waals surface area contributed by atoms with E-state index in [0.29, 0.717) is 10.7 Å². The molecule has 3 aromatic rings. The van der Waals surface area contributed by atoms with E-state index < -0.39 is 0 Å². The van der Waals surface area contributed by atoms with E-state index in [1.165, 1.54) is 6.26 Å². The van der Waals surface area contributed by atoms with Crippen molar-refractivity contribution in [3.05, 3.63) is 71.9 Å². The molecule has 0 aliphatic rings. The lowest BCUT2D eigenvalue weighted by atomic mass is 10.2. The van der Waals surface area contributed by atoms with E-state index in [1.807, 2.05) is 29.1 Å². The second-order valence-electron chi connectivity index (χ2n) is 4.18. The molecular weight excluding hydrogens is 276 g/mol. The molecule has 1 aromatic carbocycles. The Bertz CT molecular complexity index is 718. The first-order valence-electron chi connectivity index (χ1n) is 6.02. The average molecular weight is 287 g/mol. The first-order valence-corrected chi connectivity index (χ1v) is 6.39. The highest BCUT2D eigenvalue weighted by molar-refractivity contribution is 6.31. The molecule has 0 aliphatic heterocycles. The minimum atomic E-state index is -0.300. The van der Waals surface area contributed by atoms with E-state index in [4.69, 9.17) is 16.0 Å². The van der Waals surface area contributed by atoms with Gasteiger partial charge in [0.25, 0.3) is 5.91 Å². The molecule has 4 nitrogen and oxygen atoms in total. The van der Waals surface area contributed by atoms with Gasteiger partial charge in [-0.3, -0.25) is 4.79 Å². The zero-order chi connectivity index (χ0) is 13.9. The van der Waals surface area contributed by atoms with Crippen molar-refractivity contribution in [2.24, 2.45) is 0 Å². The van der Waals surface area contributed by atoms with Crippen LogP contribution in [0.5, 0.6) is 0 Å². The Morgan fingerprint density at radius 1 is 1.15 bits per heavy atom. The van der Waals surface area contributed by atoms with Crippen LogP contribution in [0.15, 0.2) is 65.5 Å². The number of nitrogens with zero attached hydrogens (tertiary/aromatic N) is 1. The van der Waals surface area contributed by atoms with E-state index in [-0.39, 0.29) is 11.7 Å². The quantitative estimate of drug-likeness (QED) is 0.792. The number of halogens is 1. The van der Waals surface area contributed by atoms with Gasteiger partial charge in [-0.15, -0.1) is 0 Å². The smallest absolute Gasteiger partial charge is 0.291 e. The molecule has 0 atom stereocenters. The molecule has 0 radical (unpaired) electrons. The third-order valence-electron chi connectivity index (χ3n) is 2.84. The van der Waals surface area contributed by atoms with E-state index in [1.54, 1.807) is 30.3 Å². The second kappa shape index (κ2) is 5.27. The van der Waals surface area contributed by atoms with Crippen molar-refractivity contribution in [3.8, 4) is 5.69 Å². The van der Waals surface area contributed by atoms with Crippen LogP contribution in [0.4, 0.5) is 5.69 Å². The number of hydrogen-bond acceptors (Lipinski definition) is 2. The predicted octanol–water partition coefficient (Wildman–Crippen LogP) is 3.98. The number of hydrogen-bond donors (Lipinski definition) is 1. The number of rotatable bonds is 3. The van der Waals surface area contributed by atoms with Crippen LogP contribution < -0.4 is 5.32 Å². The fourth-order valence-electron chi connectivity index (χ4n) is 1.91.